The summed E-state index contributed by atoms with van der Waals surface area (Å²) in [5.74, 6) is 0.712. The molecule has 0 spiro atoms. The van der Waals surface area contributed by atoms with Crippen LogP contribution < -0.4 is 5.32 Å². The number of amides is 1. The lowest BCUT2D eigenvalue weighted by atomic mass is 9.91. The summed E-state index contributed by atoms with van der Waals surface area (Å²) in [7, 11) is 0. The van der Waals surface area contributed by atoms with Crippen molar-refractivity contribution in [1.29, 1.82) is 0 Å². The average molecular weight is 325 g/mol. The van der Waals surface area contributed by atoms with Gasteiger partial charge in [0.2, 0.25) is 0 Å². The monoisotopic (exact) mass is 324 g/mol. The van der Waals surface area contributed by atoms with Crippen molar-refractivity contribution in [3.63, 3.8) is 0 Å². The number of hydrogen-bond donors (Lipinski definition) is 1. The van der Waals surface area contributed by atoms with Gasteiger partial charge in [-0.25, -0.2) is 4.79 Å². The van der Waals surface area contributed by atoms with Crippen molar-refractivity contribution in [2.75, 3.05) is 13.1 Å². The number of carbonyl (C=O) groups is 1. The standard InChI is InChI=1S/C19H36N2O2/c1-14-11-19(5,6)12-16(14)20-13-15-9-7-8-10-21(15)17(22)23-18(2,3)4/h14-16,20H,7-13H2,1-6H3. The topological polar surface area (TPSA) is 41.6 Å². The van der Waals surface area contributed by atoms with E-state index in [1.165, 1.54) is 19.3 Å². The Bertz CT molecular complexity index is 414. The molecule has 134 valence electrons. The molecule has 0 aromatic rings. The molecule has 0 bridgehead atoms. The summed E-state index contributed by atoms with van der Waals surface area (Å²) in [6, 6.07) is 0.849. The van der Waals surface area contributed by atoms with E-state index in [2.05, 4.69) is 26.1 Å². The van der Waals surface area contributed by atoms with E-state index in [1.54, 1.807) is 0 Å². The van der Waals surface area contributed by atoms with Crippen molar-refractivity contribution >= 4 is 6.09 Å². The molecule has 1 heterocycles. The molecule has 0 radical (unpaired) electrons. The summed E-state index contributed by atoms with van der Waals surface area (Å²) in [6.07, 6.45) is 5.73. The molecule has 2 rings (SSSR count). The normalized spacial score (nSPS) is 31.2. The quantitative estimate of drug-likeness (QED) is 0.846. The van der Waals surface area contributed by atoms with Crippen LogP contribution in [-0.2, 0) is 4.74 Å². The Morgan fingerprint density at radius 2 is 1.96 bits per heavy atom. The predicted molar refractivity (Wildman–Crippen MR) is 94.5 cm³/mol. The van der Waals surface area contributed by atoms with Gasteiger partial charge < -0.3 is 15.0 Å². The van der Waals surface area contributed by atoms with Crippen LogP contribution in [-0.4, -0.2) is 41.8 Å². The molecule has 1 saturated carbocycles. The molecule has 23 heavy (non-hydrogen) atoms. The van der Waals surface area contributed by atoms with Gasteiger partial charge in [-0.15, -0.1) is 0 Å². The Morgan fingerprint density at radius 3 is 2.52 bits per heavy atom. The van der Waals surface area contributed by atoms with E-state index < -0.39 is 5.60 Å². The Kier molecular flexibility index (Phi) is 5.65. The summed E-state index contributed by atoms with van der Waals surface area (Å²) in [6.45, 7) is 14.6. The highest BCUT2D eigenvalue weighted by Crippen LogP contribution is 2.40. The van der Waals surface area contributed by atoms with Gasteiger partial charge >= 0.3 is 6.09 Å². The van der Waals surface area contributed by atoms with Gasteiger partial charge in [0.25, 0.3) is 0 Å². The lowest BCUT2D eigenvalue weighted by molar-refractivity contribution is 0.00952. The zero-order valence-corrected chi connectivity index (χ0v) is 15.9. The first-order valence-electron chi connectivity index (χ1n) is 9.30. The van der Waals surface area contributed by atoms with E-state index in [1.807, 2.05) is 25.7 Å². The van der Waals surface area contributed by atoms with Gasteiger partial charge in [0.1, 0.15) is 5.60 Å². The number of hydrogen-bond acceptors (Lipinski definition) is 3. The number of nitrogens with one attached hydrogen (secondary N) is 1. The third-order valence-electron chi connectivity index (χ3n) is 5.20. The molecule has 1 amide bonds. The zero-order valence-electron chi connectivity index (χ0n) is 15.9. The number of ether oxygens (including phenoxy) is 1. The van der Waals surface area contributed by atoms with Crippen LogP contribution in [0.5, 0.6) is 0 Å². The number of piperidine rings is 1. The highest BCUT2D eigenvalue weighted by molar-refractivity contribution is 5.68. The SMILES string of the molecule is CC1CC(C)(C)CC1NCC1CCCCN1C(=O)OC(C)(C)C. The highest BCUT2D eigenvalue weighted by atomic mass is 16.6. The second-order valence-electron chi connectivity index (χ2n) is 9.39. The van der Waals surface area contributed by atoms with Gasteiger partial charge in [0.15, 0.2) is 0 Å². The van der Waals surface area contributed by atoms with Crippen molar-refractivity contribution in [2.24, 2.45) is 11.3 Å². The van der Waals surface area contributed by atoms with Crippen molar-refractivity contribution in [3.05, 3.63) is 0 Å². The molecule has 4 nitrogen and oxygen atoms in total. The molecule has 2 aliphatic rings. The lowest BCUT2D eigenvalue weighted by Gasteiger charge is -2.37. The maximum atomic E-state index is 12.5. The molecule has 1 saturated heterocycles. The number of carbonyl (C=O) groups excluding carboxylic acids is 1. The second kappa shape index (κ2) is 7.00. The minimum Gasteiger partial charge on any atom is -0.444 e. The van der Waals surface area contributed by atoms with E-state index in [-0.39, 0.29) is 12.1 Å². The molecule has 4 heteroatoms. The first-order chi connectivity index (χ1) is 10.6. The smallest absolute Gasteiger partial charge is 0.410 e. The zero-order chi connectivity index (χ0) is 17.3. The average Bonchev–Trinajstić information content (AvgIpc) is 2.67. The fourth-order valence-electron chi connectivity index (χ4n) is 4.23. The Labute approximate surface area is 142 Å². The minimum atomic E-state index is -0.420. The van der Waals surface area contributed by atoms with Gasteiger partial charge in [-0.1, -0.05) is 20.8 Å². The van der Waals surface area contributed by atoms with Crippen molar-refractivity contribution in [2.45, 2.75) is 91.3 Å². The molecule has 1 aliphatic heterocycles. The molecule has 0 aromatic heterocycles. The van der Waals surface area contributed by atoms with Gasteiger partial charge in [0, 0.05) is 25.2 Å². The molecule has 2 fully saturated rings. The predicted octanol–water partition coefficient (Wildman–Crippen LogP) is 4.19. The van der Waals surface area contributed by atoms with Crippen molar-refractivity contribution < 1.29 is 9.53 Å². The molecule has 1 aliphatic carbocycles. The maximum Gasteiger partial charge on any atom is 0.410 e. The number of nitrogens with zero attached hydrogens (tertiary/aromatic N) is 1. The Balaban J connectivity index is 1.90. The molecule has 3 unspecified atom stereocenters. The van der Waals surface area contributed by atoms with Crippen LogP contribution in [0.2, 0.25) is 0 Å². The molecule has 3 atom stereocenters. The van der Waals surface area contributed by atoms with Gasteiger partial charge in [-0.3, -0.25) is 0 Å². The Morgan fingerprint density at radius 1 is 1.26 bits per heavy atom. The summed E-state index contributed by atoms with van der Waals surface area (Å²) >= 11 is 0. The minimum absolute atomic E-state index is 0.149. The van der Waals surface area contributed by atoms with Crippen LogP contribution >= 0.6 is 0 Å². The van der Waals surface area contributed by atoms with Crippen molar-refractivity contribution in [3.8, 4) is 0 Å². The largest absolute Gasteiger partial charge is 0.444 e. The summed E-state index contributed by atoms with van der Waals surface area (Å²) in [5.41, 5.74) is 0.0188. The van der Waals surface area contributed by atoms with E-state index in [0.717, 1.165) is 25.9 Å². The van der Waals surface area contributed by atoms with E-state index in [9.17, 15) is 4.79 Å². The van der Waals surface area contributed by atoms with Crippen LogP contribution in [0.4, 0.5) is 4.79 Å². The first-order valence-corrected chi connectivity index (χ1v) is 9.30. The third-order valence-corrected chi connectivity index (χ3v) is 5.20. The van der Waals surface area contributed by atoms with Crippen molar-refractivity contribution in [1.82, 2.24) is 10.2 Å². The molecular formula is C19H36N2O2. The fraction of sp³-hybridized carbons (Fsp3) is 0.947. The number of rotatable bonds is 3. The summed E-state index contributed by atoms with van der Waals surface area (Å²) in [5, 5.41) is 3.75. The lowest BCUT2D eigenvalue weighted by Crippen LogP contribution is -2.51. The first kappa shape index (κ1) is 18.6. The van der Waals surface area contributed by atoms with Gasteiger partial charge in [0.05, 0.1) is 0 Å². The van der Waals surface area contributed by atoms with Crippen LogP contribution in [0.1, 0.15) is 73.6 Å². The van der Waals surface area contributed by atoms with E-state index >= 15 is 0 Å². The van der Waals surface area contributed by atoms with Crippen LogP contribution in [0, 0.1) is 11.3 Å². The fourth-order valence-corrected chi connectivity index (χ4v) is 4.23. The van der Waals surface area contributed by atoms with Crippen LogP contribution in [0.25, 0.3) is 0 Å². The van der Waals surface area contributed by atoms with Crippen LogP contribution in [0.3, 0.4) is 0 Å². The molecule has 0 aromatic carbocycles. The molecular weight excluding hydrogens is 288 g/mol. The summed E-state index contributed by atoms with van der Waals surface area (Å²) < 4.78 is 5.59. The number of likely N-dealkylation sites (tertiary alicyclic amines) is 1. The maximum absolute atomic E-state index is 12.5. The Hall–Kier alpha value is -0.770. The van der Waals surface area contributed by atoms with Crippen LogP contribution in [0.15, 0.2) is 0 Å². The molecule has 1 N–H and O–H groups in total. The highest BCUT2D eigenvalue weighted by Gasteiger charge is 2.37. The van der Waals surface area contributed by atoms with E-state index in [4.69, 9.17) is 4.74 Å². The van der Waals surface area contributed by atoms with Gasteiger partial charge in [-0.05, 0) is 64.2 Å². The van der Waals surface area contributed by atoms with E-state index in [0.29, 0.717) is 17.4 Å². The van der Waals surface area contributed by atoms with Gasteiger partial charge in [-0.2, -0.15) is 0 Å². The second-order valence-corrected chi connectivity index (χ2v) is 9.39. The third kappa shape index (κ3) is 5.37. The summed E-state index contributed by atoms with van der Waals surface area (Å²) in [4.78, 5) is 14.4.